The van der Waals surface area contributed by atoms with Gasteiger partial charge in [0, 0.05) is 17.2 Å². The summed E-state index contributed by atoms with van der Waals surface area (Å²) in [7, 11) is 0. The van der Waals surface area contributed by atoms with Gasteiger partial charge in [-0.2, -0.15) is 0 Å². The molecule has 1 heterocycles. The fraction of sp³-hybridized carbons (Fsp3) is 0.444. The van der Waals surface area contributed by atoms with Crippen LogP contribution >= 0.6 is 0 Å². The van der Waals surface area contributed by atoms with E-state index in [4.69, 9.17) is 10.7 Å². The van der Waals surface area contributed by atoms with Crippen molar-refractivity contribution in [3.05, 3.63) is 52.5 Å². The molecule has 0 amide bonds. The van der Waals surface area contributed by atoms with Crippen LogP contribution in [-0.4, -0.2) is 9.97 Å². The second kappa shape index (κ2) is 5.14. The molecule has 0 spiro atoms. The van der Waals surface area contributed by atoms with Crippen molar-refractivity contribution in [3.63, 3.8) is 0 Å². The molecule has 0 bridgehead atoms. The number of nitrogen functional groups attached to an aromatic ring is 1. The van der Waals surface area contributed by atoms with Gasteiger partial charge in [-0.05, 0) is 49.7 Å². The smallest absolute Gasteiger partial charge is 0.138 e. The van der Waals surface area contributed by atoms with E-state index >= 15 is 0 Å². The highest BCUT2D eigenvalue weighted by molar-refractivity contribution is 5.46. The predicted molar refractivity (Wildman–Crippen MR) is 84.3 cm³/mol. The second-order valence-corrected chi connectivity index (χ2v) is 6.24. The first-order valence-electron chi connectivity index (χ1n) is 8.06. The van der Waals surface area contributed by atoms with Gasteiger partial charge in [0.1, 0.15) is 11.6 Å². The third kappa shape index (κ3) is 2.21. The Balaban J connectivity index is 1.77. The Morgan fingerprint density at radius 3 is 2.76 bits per heavy atom. The number of hydrogen-bond donors (Lipinski definition) is 1. The molecule has 1 atom stereocenters. The van der Waals surface area contributed by atoms with Gasteiger partial charge >= 0.3 is 0 Å². The third-order valence-electron chi connectivity index (χ3n) is 4.93. The molecule has 0 saturated carbocycles. The zero-order chi connectivity index (χ0) is 14.2. The Kier molecular flexibility index (Phi) is 3.13. The van der Waals surface area contributed by atoms with E-state index in [1.54, 1.807) is 0 Å². The molecular formula is C18H21N3. The standard InChI is InChI=1S/C18H21N3/c19-17-15-8-2-1-3-9-16(15)20-18(21-17)14-11-10-12-6-4-5-7-13(12)14/h4-7,14H,1-3,8-11H2,(H2,19,20,21). The SMILES string of the molecule is Nc1nc(C2CCc3ccccc32)nc2c1CCCCC2. The van der Waals surface area contributed by atoms with Crippen molar-refractivity contribution in [2.45, 2.75) is 50.9 Å². The molecule has 2 aliphatic rings. The van der Waals surface area contributed by atoms with E-state index in [-0.39, 0.29) is 0 Å². The van der Waals surface area contributed by atoms with Crippen LogP contribution in [-0.2, 0) is 19.3 Å². The van der Waals surface area contributed by atoms with Gasteiger partial charge in [-0.3, -0.25) is 0 Å². The van der Waals surface area contributed by atoms with E-state index < -0.39 is 0 Å². The molecule has 0 saturated heterocycles. The van der Waals surface area contributed by atoms with E-state index in [9.17, 15) is 0 Å². The maximum atomic E-state index is 6.25. The van der Waals surface area contributed by atoms with Gasteiger partial charge in [-0.15, -0.1) is 0 Å². The molecule has 2 aromatic rings. The van der Waals surface area contributed by atoms with Crippen molar-refractivity contribution in [1.29, 1.82) is 0 Å². The van der Waals surface area contributed by atoms with E-state index in [1.807, 2.05) is 0 Å². The van der Waals surface area contributed by atoms with Gasteiger partial charge in [0.15, 0.2) is 0 Å². The fourth-order valence-electron chi connectivity index (χ4n) is 3.80. The molecule has 2 aliphatic carbocycles. The summed E-state index contributed by atoms with van der Waals surface area (Å²) in [5.41, 5.74) is 11.5. The van der Waals surface area contributed by atoms with Crippen LogP contribution in [0.3, 0.4) is 0 Å². The Morgan fingerprint density at radius 1 is 0.952 bits per heavy atom. The number of benzene rings is 1. The van der Waals surface area contributed by atoms with Crippen LogP contribution in [0.1, 0.15) is 59.8 Å². The number of nitrogens with two attached hydrogens (primary N) is 1. The molecule has 1 aromatic carbocycles. The first-order valence-corrected chi connectivity index (χ1v) is 8.06. The minimum Gasteiger partial charge on any atom is -0.383 e. The molecule has 0 radical (unpaired) electrons. The Morgan fingerprint density at radius 2 is 1.81 bits per heavy atom. The average Bonchev–Trinajstić information content (AvgIpc) is 2.78. The Labute approximate surface area is 125 Å². The van der Waals surface area contributed by atoms with Crippen LogP contribution in [0.2, 0.25) is 0 Å². The van der Waals surface area contributed by atoms with Crippen LogP contribution in [0.25, 0.3) is 0 Å². The summed E-state index contributed by atoms with van der Waals surface area (Å²) in [5.74, 6) is 2.00. The number of rotatable bonds is 1. The highest BCUT2D eigenvalue weighted by atomic mass is 15.0. The Hall–Kier alpha value is -1.90. The minimum atomic E-state index is 0.331. The number of fused-ring (bicyclic) bond motifs is 2. The van der Waals surface area contributed by atoms with Crippen molar-refractivity contribution in [3.8, 4) is 0 Å². The molecule has 108 valence electrons. The Bertz CT molecular complexity index is 678. The summed E-state index contributed by atoms with van der Waals surface area (Å²) in [5, 5.41) is 0. The summed E-state index contributed by atoms with van der Waals surface area (Å²) in [4.78, 5) is 9.60. The van der Waals surface area contributed by atoms with Crippen LogP contribution in [0.4, 0.5) is 5.82 Å². The largest absolute Gasteiger partial charge is 0.383 e. The van der Waals surface area contributed by atoms with Crippen LogP contribution < -0.4 is 5.73 Å². The topological polar surface area (TPSA) is 51.8 Å². The number of hydrogen-bond acceptors (Lipinski definition) is 3. The van der Waals surface area contributed by atoms with Gasteiger partial charge < -0.3 is 5.73 Å². The minimum absolute atomic E-state index is 0.331. The van der Waals surface area contributed by atoms with Crippen LogP contribution in [0.5, 0.6) is 0 Å². The molecule has 0 fully saturated rings. The summed E-state index contributed by atoms with van der Waals surface area (Å²) in [6.45, 7) is 0. The monoisotopic (exact) mass is 279 g/mol. The lowest BCUT2D eigenvalue weighted by Gasteiger charge is -2.15. The lowest BCUT2D eigenvalue weighted by Crippen LogP contribution is -2.11. The molecule has 3 nitrogen and oxygen atoms in total. The maximum Gasteiger partial charge on any atom is 0.138 e. The number of nitrogens with zero attached hydrogens (tertiary/aromatic N) is 2. The van der Waals surface area contributed by atoms with Crippen molar-refractivity contribution in [1.82, 2.24) is 9.97 Å². The molecule has 4 rings (SSSR count). The van der Waals surface area contributed by atoms with E-state index in [0.29, 0.717) is 5.92 Å². The highest BCUT2D eigenvalue weighted by Crippen LogP contribution is 2.37. The zero-order valence-corrected chi connectivity index (χ0v) is 12.3. The van der Waals surface area contributed by atoms with Crippen molar-refractivity contribution < 1.29 is 0 Å². The third-order valence-corrected chi connectivity index (χ3v) is 4.93. The summed E-state index contributed by atoms with van der Waals surface area (Å²) >= 11 is 0. The van der Waals surface area contributed by atoms with E-state index in [0.717, 1.165) is 37.3 Å². The molecular weight excluding hydrogens is 258 g/mol. The first kappa shape index (κ1) is 12.8. The highest BCUT2D eigenvalue weighted by Gasteiger charge is 2.27. The van der Waals surface area contributed by atoms with Gasteiger partial charge in [0.05, 0.1) is 0 Å². The molecule has 21 heavy (non-hydrogen) atoms. The predicted octanol–water partition coefficient (Wildman–Crippen LogP) is 3.41. The van der Waals surface area contributed by atoms with Gasteiger partial charge in [-0.1, -0.05) is 30.7 Å². The van der Waals surface area contributed by atoms with Crippen LogP contribution in [0, 0.1) is 0 Å². The van der Waals surface area contributed by atoms with Gasteiger partial charge in [0.25, 0.3) is 0 Å². The summed E-state index contributed by atoms with van der Waals surface area (Å²) in [6, 6.07) is 8.68. The van der Waals surface area contributed by atoms with E-state index in [1.165, 1.54) is 41.6 Å². The van der Waals surface area contributed by atoms with Crippen molar-refractivity contribution in [2.75, 3.05) is 5.73 Å². The van der Waals surface area contributed by atoms with Crippen molar-refractivity contribution >= 4 is 5.82 Å². The van der Waals surface area contributed by atoms with Gasteiger partial charge in [-0.25, -0.2) is 9.97 Å². The lowest BCUT2D eigenvalue weighted by atomic mass is 9.99. The van der Waals surface area contributed by atoms with Gasteiger partial charge in [0.2, 0.25) is 0 Å². The van der Waals surface area contributed by atoms with Crippen LogP contribution in [0.15, 0.2) is 24.3 Å². The second-order valence-electron chi connectivity index (χ2n) is 6.24. The molecule has 1 unspecified atom stereocenters. The quantitative estimate of drug-likeness (QED) is 0.814. The maximum absolute atomic E-state index is 6.25. The van der Waals surface area contributed by atoms with Crippen molar-refractivity contribution in [2.24, 2.45) is 0 Å². The zero-order valence-electron chi connectivity index (χ0n) is 12.3. The molecule has 0 aliphatic heterocycles. The molecule has 2 N–H and O–H groups in total. The number of anilines is 1. The molecule has 1 aromatic heterocycles. The number of aromatic nitrogens is 2. The lowest BCUT2D eigenvalue weighted by molar-refractivity contribution is 0.700. The first-order chi connectivity index (χ1) is 10.3. The summed E-state index contributed by atoms with van der Waals surface area (Å²) < 4.78 is 0. The number of aryl methyl sites for hydroxylation is 2. The average molecular weight is 279 g/mol. The fourth-order valence-corrected chi connectivity index (χ4v) is 3.80. The summed E-state index contributed by atoms with van der Waals surface area (Å²) in [6.07, 6.45) is 8.05. The normalized spacial score (nSPS) is 20.7. The molecule has 3 heteroatoms. The van der Waals surface area contributed by atoms with E-state index in [2.05, 4.69) is 29.2 Å².